The van der Waals surface area contributed by atoms with Crippen LogP contribution in [0.2, 0.25) is 5.02 Å². The Morgan fingerprint density at radius 2 is 1.92 bits per heavy atom. The number of hydrogen-bond acceptors (Lipinski definition) is 2. The molecule has 1 N–H and O–H groups in total. The van der Waals surface area contributed by atoms with Gasteiger partial charge in [-0.05, 0) is 19.0 Å². The maximum atomic E-state index is 13.0. The van der Waals surface area contributed by atoms with Gasteiger partial charge in [0.15, 0.2) is 5.82 Å². The predicted molar refractivity (Wildman–Crippen MR) is 46.2 cm³/mol. The molecule has 1 aromatic rings. The average molecular weight is 228 g/mol. The second-order valence-corrected chi connectivity index (χ2v) is 3.50. The summed E-state index contributed by atoms with van der Waals surface area (Å²) < 4.78 is 41.0. The molecule has 0 fully saturated rings. The van der Waals surface area contributed by atoms with Crippen LogP contribution in [-0.2, 0) is 0 Å². The van der Waals surface area contributed by atoms with E-state index in [-0.39, 0.29) is 4.90 Å². The van der Waals surface area contributed by atoms with Crippen molar-refractivity contribution in [3.63, 3.8) is 0 Å². The van der Waals surface area contributed by atoms with E-state index in [9.17, 15) is 13.2 Å². The van der Waals surface area contributed by atoms with Crippen LogP contribution in [0.15, 0.2) is 11.0 Å². The third-order valence-electron chi connectivity index (χ3n) is 1.28. The van der Waals surface area contributed by atoms with E-state index in [0.29, 0.717) is 18.0 Å². The quantitative estimate of drug-likeness (QED) is 0.474. The first-order valence-electron chi connectivity index (χ1n) is 3.24. The van der Waals surface area contributed by atoms with E-state index in [1.165, 1.54) is 7.05 Å². The fourth-order valence-electron chi connectivity index (χ4n) is 0.745. The molecule has 1 nitrogen and oxygen atoms in total. The molecule has 1 rings (SSSR count). The third kappa shape index (κ3) is 2.10. The molecule has 6 heteroatoms. The molecule has 0 aromatic heterocycles. The molecule has 0 spiro atoms. The van der Waals surface area contributed by atoms with E-state index >= 15 is 0 Å². The van der Waals surface area contributed by atoms with E-state index in [2.05, 4.69) is 4.72 Å². The fraction of sp³-hybridized carbons (Fsp3) is 0.143. The van der Waals surface area contributed by atoms with Gasteiger partial charge in [0.1, 0.15) is 16.7 Å². The summed E-state index contributed by atoms with van der Waals surface area (Å²) in [6.45, 7) is 0. The molecule has 0 aliphatic heterocycles. The Hall–Kier alpha value is -0.390. The summed E-state index contributed by atoms with van der Waals surface area (Å²) in [4.78, 5) is -0.339. The molecule has 0 saturated carbocycles. The van der Waals surface area contributed by atoms with Crippen molar-refractivity contribution in [2.24, 2.45) is 0 Å². The molecule has 0 aliphatic rings. The van der Waals surface area contributed by atoms with Crippen molar-refractivity contribution in [1.82, 2.24) is 4.72 Å². The Kier molecular flexibility index (Phi) is 3.47. The highest BCUT2D eigenvalue weighted by Gasteiger charge is 2.17. The highest BCUT2D eigenvalue weighted by atomic mass is 35.5. The van der Waals surface area contributed by atoms with Crippen LogP contribution in [0.5, 0.6) is 0 Å². The first-order chi connectivity index (χ1) is 6.07. The lowest BCUT2D eigenvalue weighted by Crippen LogP contribution is -1.98. The molecule has 0 bridgehead atoms. The lowest BCUT2D eigenvalue weighted by Gasteiger charge is -2.04. The molecule has 0 radical (unpaired) electrons. The second kappa shape index (κ2) is 4.21. The van der Waals surface area contributed by atoms with Gasteiger partial charge in [0.05, 0.1) is 4.90 Å². The van der Waals surface area contributed by atoms with Gasteiger partial charge < -0.3 is 0 Å². The standard InChI is InChI=1S/C7H5ClF3NS/c1-12-13-7-4(10)2-3(9)5(8)6(7)11/h2,12H,1H3. The summed E-state index contributed by atoms with van der Waals surface area (Å²) >= 11 is 5.93. The summed E-state index contributed by atoms with van der Waals surface area (Å²) in [5, 5.41) is -0.695. The molecule has 0 saturated heterocycles. The van der Waals surface area contributed by atoms with Crippen molar-refractivity contribution in [1.29, 1.82) is 0 Å². The summed E-state index contributed by atoms with van der Waals surface area (Å²) in [6.07, 6.45) is 0. The van der Waals surface area contributed by atoms with Gasteiger partial charge in [-0.1, -0.05) is 11.6 Å². The molecular formula is C7H5ClF3NS. The summed E-state index contributed by atoms with van der Waals surface area (Å²) in [6, 6.07) is 0.547. The summed E-state index contributed by atoms with van der Waals surface area (Å²) in [7, 11) is 1.49. The minimum Gasteiger partial charge on any atom is -0.263 e. The lowest BCUT2D eigenvalue weighted by atomic mass is 10.3. The van der Waals surface area contributed by atoms with Crippen LogP contribution in [0.3, 0.4) is 0 Å². The minimum atomic E-state index is -1.10. The van der Waals surface area contributed by atoms with E-state index < -0.39 is 22.5 Å². The van der Waals surface area contributed by atoms with Gasteiger partial charge in [-0.15, -0.1) is 0 Å². The van der Waals surface area contributed by atoms with E-state index in [4.69, 9.17) is 11.6 Å². The first kappa shape index (κ1) is 10.7. The van der Waals surface area contributed by atoms with E-state index in [1.807, 2.05) is 0 Å². The summed E-state index contributed by atoms with van der Waals surface area (Å²) in [5.41, 5.74) is 0. The number of halogens is 4. The van der Waals surface area contributed by atoms with Crippen LogP contribution in [0.1, 0.15) is 0 Å². The molecule has 0 heterocycles. The van der Waals surface area contributed by atoms with Gasteiger partial charge in [0.25, 0.3) is 0 Å². The zero-order chi connectivity index (χ0) is 10.0. The Balaban J connectivity index is 3.26. The number of benzene rings is 1. The van der Waals surface area contributed by atoms with Gasteiger partial charge in [-0.2, -0.15) is 0 Å². The minimum absolute atomic E-state index is 0.339. The molecule has 72 valence electrons. The van der Waals surface area contributed by atoms with Crippen molar-refractivity contribution in [3.8, 4) is 0 Å². The van der Waals surface area contributed by atoms with Crippen molar-refractivity contribution in [3.05, 3.63) is 28.5 Å². The van der Waals surface area contributed by atoms with Gasteiger partial charge in [0.2, 0.25) is 0 Å². The van der Waals surface area contributed by atoms with Gasteiger partial charge >= 0.3 is 0 Å². The van der Waals surface area contributed by atoms with E-state index in [0.717, 1.165) is 0 Å². The SMILES string of the molecule is CNSc1c(F)cc(F)c(Cl)c1F. The van der Waals surface area contributed by atoms with Crippen molar-refractivity contribution >= 4 is 23.5 Å². The summed E-state index contributed by atoms with van der Waals surface area (Å²) in [5.74, 6) is -3.16. The number of hydrogen-bond donors (Lipinski definition) is 1. The highest BCUT2D eigenvalue weighted by Crippen LogP contribution is 2.29. The first-order valence-corrected chi connectivity index (χ1v) is 4.44. The molecule has 13 heavy (non-hydrogen) atoms. The Bertz CT molecular complexity index is 332. The molecular weight excluding hydrogens is 223 g/mol. The average Bonchev–Trinajstić information content (AvgIpc) is 2.09. The molecule has 1 aromatic carbocycles. The van der Waals surface area contributed by atoms with Crippen LogP contribution in [0.4, 0.5) is 13.2 Å². The van der Waals surface area contributed by atoms with Gasteiger partial charge in [-0.3, -0.25) is 4.72 Å². The molecule has 0 unspecified atom stereocenters. The van der Waals surface area contributed by atoms with Gasteiger partial charge in [0, 0.05) is 6.07 Å². The lowest BCUT2D eigenvalue weighted by molar-refractivity contribution is 0.511. The normalized spacial score (nSPS) is 10.5. The smallest absolute Gasteiger partial charge is 0.162 e. The Labute approximate surface area is 82.4 Å². The topological polar surface area (TPSA) is 12.0 Å². The number of rotatable bonds is 2. The highest BCUT2D eigenvalue weighted by molar-refractivity contribution is 7.97. The maximum absolute atomic E-state index is 13.0. The van der Waals surface area contributed by atoms with Crippen molar-refractivity contribution < 1.29 is 13.2 Å². The maximum Gasteiger partial charge on any atom is 0.162 e. The van der Waals surface area contributed by atoms with E-state index in [1.54, 1.807) is 0 Å². The zero-order valence-electron chi connectivity index (χ0n) is 6.50. The third-order valence-corrected chi connectivity index (χ3v) is 2.41. The predicted octanol–water partition coefficient (Wildman–Crippen LogP) is 2.98. The Morgan fingerprint density at radius 3 is 2.46 bits per heavy atom. The molecule has 0 aliphatic carbocycles. The number of nitrogens with one attached hydrogen (secondary N) is 1. The van der Waals surface area contributed by atoms with Crippen LogP contribution in [0, 0.1) is 17.5 Å². The molecule has 0 atom stereocenters. The second-order valence-electron chi connectivity index (χ2n) is 2.10. The van der Waals surface area contributed by atoms with Crippen molar-refractivity contribution in [2.45, 2.75) is 4.90 Å². The van der Waals surface area contributed by atoms with Crippen molar-refractivity contribution in [2.75, 3.05) is 7.05 Å². The monoisotopic (exact) mass is 227 g/mol. The molecule has 0 amide bonds. The largest absolute Gasteiger partial charge is 0.263 e. The van der Waals surface area contributed by atoms with Crippen LogP contribution in [-0.4, -0.2) is 7.05 Å². The Morgan fingerprint density at radius 1 is 1.31 bits per heavy atom. The van der Waals surface area contributed by atoms with Gasteiger partial charge in [-0.25, -0.2) is 13.2 Å². The zero-order valence-corrected chi connectivity index (χ0v) is 8.07. The van der Waals surface area contributed by atoms with Crippen LogP contribution in [0.25, 0.3) is 0 Å². The fourth-order valence-corrected chi connectivity index (χ4v) is 1.50. The van der Waals surface area contributed by atoms with Crippen LogP contribution >= 0.6 is 23.5 Å². The van der Waals surface area contributed by atoms with Crippen LogP contribution < -0.4 is 4.72 Å².